The van der Waals surface area contributed by atoms with Gasteiger partial charge in [-0.3, -0.25) is 4.79 Å². The van der Waals surface area contributed by atoms with E-state index in [1.165, 1.54) is 6.08 Å². The van der Waals surface area contributed by atoms with Crippen LogP contribution in [0.1, 0.15) is 32.8 Å². The molecule has 23 heavy (non-hydrogen) atoms. The second-order valence-corrected chi connectivity index (χ2v) is 5.81. The van der Waals surface area contributed by atoms with Gasteiger partial charge in [-0.1, -0.05) is 18.2 Å². The molecule has 1 N–H and O–H groups in total. The zero-order valence-electron chi connectivity index (χ0n) is 13.4. The molecular formula is C20H18O3. The van der Waals surface area contributed by atoms with E-state index in [-0.39, 0.29) is 17.1 Å². The topological polar surface area (TPSA) is 50.4 Å². The maximum absolute atomic E-state index is 12.2. The highest BCUT2D eigenvalue weighted by Crippen LogP contribution is 2.27. The predicted octanol–water partition coefficient (Wildman–Crippen LogP) is 4.96. The van der Waals surface area contributed by atoms with Crippen LogP contribution in [0.5, 0.6) is 5.75 Å². The van der Waals surface area contributed by atoms with Crippen molar-refractivity contribution in [3.8, 4) is 5.75 Å². The summed E-state index contributed by atoms with van der Waals surface area (Å²) in [7, 11) is 0. The first kappa shape index (κ1) is 15.1. The molecule has 0 saturated heterocycles. The molecule has 0 aliphatic rings. The summed E-state index contributed by atoms with van der Waals surface area (Å²) < 4.78 is 5.81. The minimum atomic E-state index is -0.251. The minimum absolute atomic E-state index is 0.00315. The lowest BCUT2D eigenvalue weighted by atomic mass is 10.1. The number of carbonyl (C=O) groups excluding carboxylic acids is 1. The van der Waals surface area contributed by atoms with E-state index < -0.39 is 0 Å². The average molecular weight is 306 g/mol. The SMILES string of the molecule is Cc1ccc(C(=O)C=Cc2oc3cc(C)ccc3c2C)c(O)c1. The zero-order valence-corrected chi connectivity index (χ0v) is 13.4. The number of aryl methyl sites for hydroxylation is 3. The maximum atomic E-state index is 12.2. The van der Waals surface area contributed by atoms with Gasteiger partial charge in [0, 0.05) is 10.9 Å². The average Bonchev–Trinajstić information content (AvgIpc) is 2.80. The van der Waals surface area contributed by atoms with Gasteiger partial charge in [0.15, 0.2) is 5.78 Å². The third-order valence-electron chi connectivity index (χ3n) is 3.94. The van der Waals surface area contributed by atoms with Crippen LogP contribution in [0.25, 0.3) is 17.0 Å². The normalized spacial score (nSPS) is 11.4. The van der Waals surface area contributed by atoms with Gasteiger partial charge in [-0.25, -0.2) is 0 Å². The van der Waals surface area contributed by atoms with Crippen molar-refractivity contribution in [3.63, 3.8) is 0 Å². The highest BCUT2D eigenvalue weighted by Gasteiger charge is 2.11. The Balaban J connectivity index is 1.93. The van der Waals surface area contributed by atoms with Crippen LogP contribution in [0.3, 0.4) is 0 Å². The Morgan fingerprint density at radius 2 is 1.74 bits per heavy atom. The van der Waals surface area contributed by atoms with E-state index in [0.29, 0.717) is 5.76 Å². The van der Waals surface area contributed by atoms with Crippen molar-refractivity contribution in [3.05, 3.63) is 70.5 Å². The highest BCUT2D eigenvalue weighted by atomic mass is 16.3. The number of phenols is 1. The van der Waals surface area contributed by atoms with E-state index in [0.717, 1.165) is 27.7 Å². The Hall–Kier alpha value is -2.81. The number of carbonyl (C=O) groups is 1. The quantitative estimate of drug-likeness (QED) is 0.549. The number of aromatic hydroxyl groups is 1. The summed E-state index contributed by atoms with van der Waals surface area (Å²) in [6.07, 6.45) is 3.09. The molecule has 0 atom stereocenters. The Morgan fingerprint density at radius 1 is 1.04 bits per heavy atom. The Bertz CT molecular complexity index is 929. The number of benzene rings is 2. The van der Waals surface area contributed by atoms with Crippen LogP contribution in [0.2, 0.25) is 0 Å². The van der Waals surface area contributed by atoms with E-state index >= 15 is 0 Å². The molecule has 3 heteroatoms. The lowest BCUT2D eigenvalue weighted by molar-refractivity contribution is 0.104. The van der Waals surface area contributed by atoms with Crippen LogP contribution in [0, 0.1) is 20.8 Å². The number of furan rings is 1. The molecule has 0 saturated carbocycles. The number of rotatable bonds is 3. The number of allylic oxidation sites excluding steroid dienone is 1. The minimum Gasteiger partial charge on any atom is -0.507 e. The van der Waals surface area contributed by atoms with Gasteiger partial charge in [0.25, 0.3) is 0 Å². The molecule has 0 radical (unpaired) electrons. The van der Waals surface area contributed by atoms with E-state index in [1.54, 1.807) is 24.3 Å². The molecule has 116 valence electrons. The van der Waals surface area contributed by atoms with Crippen LogP contribution in [0.15, 0.2) is 46.9 Å². The molecule has 0 amide bonds. The summed E-state index contributed by atoms with van der Waals surface area (Å²) in [5.41, 5.74) is 4.13. The lowest BCUT2D eigenvalue weighted by Crippen LogP contribution is -1.95. The molecule has 0 unspecified atom stereocenters. The van der Waals surface area contributed by atoms with Crippen LogP contribution < -0.4 is 0 Å². The molecule has 0 fully saturated rings. The molecule has 0 aliphatic carbocycles. The first-order valence-electron chi connectivity index (χ1n) is 7.47. The summed E-state index contributed by atoms with van der Waals surface area (Å²) in [6, 6.07) is 11.0. The summed E-state index contributed by atoms with van der Waals surface area (Å²) in [5.74, 6) is 0.403. The third kappa shape index (κ3) is 2.90. The Kier molecular flexibility index (Phi) is 3.78. The van der Waals surface area contributed by atoms with Crippen molar-refractivity contribution in [2.24, 2.45) is 0 Å². The van der Waals surface area contributed by atoms with Gasteiger partial charge in [-0.15, -0.1) is 0 Å². The third-order valence-corrected chi connectivity index (χ3v) is 3.94. The van der Waals surface area contributed by atoms with Gasteiger partial charge in [0.05, 0.1) is 5.56 Å². The van der Waals surface area contributed by atoms with Crippen molar-refractivity contribution in [1.29, 1.82) is 0 Å². The molecule has 0 spiro atoms. The number of fused-ring (bicyclic) bond motifs is 1. The predicted molar refractivity (Wildman–Crippen MR) is 91.9 cm³/mol. The first-order chi connectivity index (χ1) is 11.0. The molecule has 1 heterocycles. The summed E-state index contributed by atoms with van der Waals surface area (Å²) >= 11 is 0. The van der Waals surface area contributed by atoms with Gasteiger partial charge >= 0.3 is 0 Å². The monoisotopic (exact) mass is 306 g/mol. The molecule has 3 nitrogen and oxygen atoms in total. The van der Waals surface area contributed by atoms with Crippen molar-refractivity contribution < 1.29 is 14.3 Å². The Morgan fingerprint density at radius 3 is 2.48 bits per heavy atom. The first-order valence-corrected chi connectivity index (χ1v) is 7.47. The van der Waals surface area contributed by atoms with Crippen molar-refractivity contribution in [1.82, 2.24) is 0 Å². The van der Waals surface area contributed by atoms with Crippen molar-refractivity contribution in [2.75, 3.05) is 0 Å². The second-order valence-electron chi connectivity index (χ2n) is 5.81. The Labute approximate surface area is 134 Å². The fourth-order valence-corrected chi connectivity index (χ4v) is 2.60. The van der Waals surface area contributed by atoms with E-state index in [9.17, 15) is 9.90 Å². The van der Waals surface area contributed by atoms with E-state index in [1.807, 2.05) is 39.0 Å². The van der Waals surface area contributed by atoms with Gasteiger partial charge in [0.1, 0.15) is 17.1 Å². The molecule has 0 bridgehead atoms. The largest absolute Gasteiger partial charge is 0.507 e. The van der Waals surface area contributed by atoms with Crippen molar-refractivity contribution >= 4 is 22.8 Å². The smallest absolute Gasteiger partial charge is 0.189 e. The fourth-order valence-electron chi connectivity index (χ4n) is 2.60. The molecule has 0 aliphatic heterocycles. The summed E-state index contributed by atoms with van der Waals surface area (Å²) in [4.78, 5) is 12.2. The van der Waals surface area contributed by atoms with E-state index in [4.69, 9.17) is 4.42 Å². The number of hydrogen-bond donors (Lipinski definition) is 1. The molecule has 3 aromatic rings. The van der Waals surface area contributed by atoms with E-state index in [2.05, 4.69) is 0 Å². The summed E-state index contributed by atoms with van der Waals surface area (Å²) in [6.45, 7) is 5.84. The van der Waals surface area contributed by atoms with Gasteiger partial charge < -0.3 is 9.52 Å². The van der Waals surface area contributed by atoms with Crippen LogP contribution in [-0.2, 0) is 0 Å². The highest BCUT2D eigenvalue weighted by molar-refractivity contribution is 6.08. The maximum Gasteiger partial charge on any atom is 0.189 e. The molecule has 2 aromatic carbocycles. The summed E-state index contributed by atoms with van der Waals surface area (Å²) in [5, 5.41) is 10.9. The number of hydrogen-bond acceptors (Lipinski definition) is 3. The second kappa shape index (κ2) is 5.76. The number of ketones is 1. The van der Waals surface area contributed by atoms with Crippen LogP contribution in [-0.4, -0.2) is 10.9 Å². The fraction of sp³-hybridized carbons (Fsp3) is 0.150. The van der Waals surface area contributed by atoms with Gasteiger partial charge in [-0.05, 0) is 62.2 Å². The molecule has 1 aromatic heterocycles. The van der Waals surface area contributed by atoms with Gasteiger partial charge in [0.2, 0.25) is 0 Å². The molecule has 3 rings (SSSR count). The van der Waals surface area contributed by atoms with Crippen LogP contribution in [0.4, 0.5) is 0 Å². The lowest BCUT2D eigenvalue weighted by Gasteiger charge is -2.01. The van der Waals surface area contributed by atoms with Crippen LogP contribution >= 0.6 is 0 Å². The molecular weight excluding hydrogens is 288 g/mol. The van der Waals surface area contributed by atoms with Gasteiger partial charge in [-0.2, -0.15) is 0 Å². The number of phenolic OH excluding ortho intramolecular Hbond substituents is 1. The zero-order chi connectivity index (χ0) is 16.6. The van der Waals surface area contributed by atoms with Crippen molar-refractivity contribution in [2.45, 2.75) is 20.8 Å². The standard InChI is InChI=1S/C20H18O3/c1-12-5-7-16(18(22)10-12)17(21)8-9-19-14(3)15-6-4-13(2)11-20(15)23-19/h4-11,22H,1-3H3.